The van der Waals surface area contributed by atoms with Gasteiger partial charge in [-0.2, -0.15) is 0 Å². The summed E-state index contributed by atoms with van der Waals surface area (Å²) in [7, 11) is 0. The molecule has 2 rings (SSSR count). The highest BCUT2D eigenvalue weighted by atomic mass is 79.9. The summed E-state index contributed by atoms with van der Waals surface area (Å²) in [4.78, 5) is 12.0. The Morgan fingerprint density at radius 3 is 2.82 bits per heavy atom. The molecule has 5 heteroatoms. The van der Waals surface area contributed by atoms with E-state index in [1.807, 2.05) is 19.1 Å². The van der Waals surface area contributed by atoms with Crippen LogP contribution in [0.2, 0.25) is 0 Å². The van der Waals surface area contributed by atoms with Crippen LogP contribution in [0.4, 0.5) is 5.82 Å². The van der Waals surface area contributed by atoms with Crippen molar-refractivity contribution < 1.29 is 9.32 Å². The number of anilines is 1. The maximum absolute atomic E-state index is 12.0. The van der Waals surface area contributed by atoms with E-state index in [0.717, 1.165) is 10.0 Å². The second-order valence-electron chi connectivity index (χ2n) is 3.69. The first-order valence-electron chi connectivity index (χ1n) is 5.07. The number of amides is 1. The van der Waals surface area contributed by atoms with Crippen molar-refractivity contribution in [3.05, 3.63) is 45.6 Å². The van der Waals surface area contributed by atoms with E-state index in [-0.39, 0.29) is 5.91 Å². The second kappa shape index (κ2) is 4.71. The number of rotatable bonds is 2. The molecule has 0 aliphatic carbocycles. The zero-order valence-corrected chi connectivity index (χ0v) is 11.0. The highest BCUT2D eigenvalue weighted by Crippen LogP contribution is 2.20. The number of hydrogen-bond acceptors (Lipinski definition) is 3. The fourth-order valence-corrected chi connectivity index (χ4v) is 1.83. The molecule has 17 heavy (non-hydrogen) atoms. The van der Waals surface area contributed by atoms with Crippen LogP contribution in [0, 0.1) is 13.8 Å². The van der Waals surface area contributed by atoms with Gasteiger partial charge in [0.2, 0.25) is 0 Å². The molecule has 0 radical (unpaired) electrons. The lowest BCUT2D eigenvalue weighted by molar-refractivity contribution is 0.102. The van der Waals surface area contributed by atoms with Crippen LogP contribution in [0.3, 0.4) is 0 Å². The first-order chi connectivity index (χ1) is 8.08. The highest BCUT2D eigenvalue weighted by molar-refractivity contribution is 9.10. The average molecular weight is 295 g/mol. The molecule has 1 amide bonds. The molecule has 1 aromatic heterocycles. The normalized spacial score (nSPS) is 10.3. The van der Waals surface area contributed by atoms with Crippen molar-refractivity contribution >= 4 is 27.7 Å². The van der Waals surface area contributed by atoms with Crippen LogP contribution in [0.25, 0.3) is 0 Å². The third kappa shape index (κ3) is 2.55. The Hall–Kier alpha value is -1.62. The summed E-state index contributed by atoms with van der Waals surface area (Å²) >= 11 is 3.39. The number of carbonyl (C=O) groups is 1. The topological polar surface area (TPSA) is 55.1 Å². The molecule has 0 atom stereocenters. The molecule has 0 bridgehead atoms. The van der Waals surface area contributed by atoms with E-state index in [9.17, 15) is 4.79 Å². The van der Waals surface area contributed by atoms with Gasteiger partial charge >= 0.3 is 0 Å². The smallest absolute Gasteiger partial charge is 0.257 e. The van der Waals surface area contributed by atoms with Crippen molar-refractivity contribution in [3.63, 3.8) is 0 Å². The van der Waals surface area contributed by atoms with Gasteiger partial charge in [-0.05, 0) is 31.5 Å². The molecule has 0 unspecified atom stereocenters. The SMILES string of the molecule is Cc1cc(NC(=O)c2cccc(Br)c2C)no1. The lowest BCUT2D eigenvalue weighted by Gasteiger charge is -2.06. The molecule has 0 aliphatic heterocycles. The van der Waals surface area contributed by atoms with E-state index in [0.29, 0.717) is 17.1 Å². The van der Waals surface area contributed by atoms with E-state index in [1.54, 1.807) is 19.1 Å². The van der Waals surface area contributed by atoms with Crippen molar-refractivity contribution in [1.29, 1.82) is 0 Å². The van der Waals surface area contributed by atoms with E-state index < -0.39 is 0 Å². The number of nitrogens with one attached hydrogen (secondary N) is 1. The molecule has 0 spiro atoms. The van der Waals surface area contributed by atoms with Crippen molar-refractivity contribution in [2.45, 2.75) is 13.8 Å². The third-order valence-corrected chi connectivity index (χ3v) is 3.24. The highest BCUT2D eigenvalue weighted by Gasteiger charge is 2.12. The molecule has 1 aromatic carbocycles. The van der Waals surface area contributed by atoms with Crippen molar-refractivity contribution in [3.8, 4) is 0 Å². The Balaban J connectivity index is 2.23. The fourth-order valence-electron chi connectivity index (χ4n) is 1.46. The first kappa shape index (κ1) is 11.9. The Labute approximate surface area is 107 Å². The number of aromatic nitrogens is 1. The van der Waals surface area contributed by atoms with Crippen LogP contribution in [-0.4, -0.2) is 11.1 Å². The minimum Gasteiger partial charge on any atom is -0.360 e. The predicted octanol–water partition coefficient (Wildman–Crippen LogP) is 3.31. The van der Waals surface area contributed by atoms with E-state index >= 15 is 0 Å². The summed E-state index contributed by atoms with van der Waals surface area (Å²) in [6, 6.07) is 7.15. The summed E-state index contributed by atoms with van der Waals surface area (Å²) in [5, 5.41) is 6.40. The average Bonchev–Trinajstić information content (AvgIpc) is 2.68. The van der Waals surface area contributed by atoms with E-state index in [4.69, 9.17) is 4.52 Å². The van der Waals surface area contributed by atoms with Crippen LogP contribution in [0.5, 0.6) is 0 Å². The van der Waals surface area contributed by atoms with Gasteiger partial charge in [0, 0.05) is 16.1 Å². The molecule has 4 nitrogen and oxygen atoms in total. The van der Waals surface area contributed by atoms with Crippen molar-refractivity contribution in [2.75, 3.05) is 5.32 Å². The molecule has 88 valence electrons. The standard InChI is InChI=1S/C12H11BrN2O2/c1-7-6-11(15-17-7)14-12(16)9-4-3-5-10(13)8(9)2/h3-6H,1-2H3,(H,14,15,16). The number of benzene rings is 1. The zero-order valence-electron chi connectivity index (χ0n) is 9.45. The number of halogens is 1. The maximum atomic E-state index is 12.0. The third-order valence-electron chi connectivity index (χ3n) is 2.38. The van der Waals surface area contributed by atoms with Gasteiger partial charge in [-0.15, -0.1) is 0 Å². The van der Waals surface area contributed by atoms with Gasteiger partial charge < -0.3 is 9.84 Å². The monoisotopic (exact) mass is 294 g/mol. The minimum atomic E-state index is -0.197. The molecular formula is C12H11BrN2O2. The van der Waals surface area contributed by atoms with Gasteiger partial charge in [0.25, 0.3) is 5.91 Å². The molecular weight excluding hydrogens is 284 g/mol. The molecule has 0 saturated carbocycles. The van der Waals surface area contributed by atoms with Crippen molar-refractivity contribution in [2.24, 2.45) is 0 Å². The van der Waals surface area contributed by atoms with Crippen LogP contribution in [0.1, 0.15) is 21.7 Å². The molecule has 0 aliphatic rings. The number of nitrogens with zero attached hydrogens (tertiary/aromatic N) is 1. The van der Waals surface area contributed by atoms with Gasteiger partial charge in [-0.1, -0.05) is 27.2 Å². The Bertz CT molecular complexity index is 563. The van der Waals surface area contributed by atoms with Crippen molar-refractivity contribution in [1.82, 2.24) is 5.16 Å². The Morgan fingerprint density at radius 1 is 1.41 bits per heavy atom. The summed E-state index contributed by atoms with van der Waals surface area (Å²) in [6.07, 6.45) is 0. The number of carbonyl (C=O) groups excluding carboxylic acids is 1. The largest absolute Gasteiger partial charge is 0.360 e. The fraction of sp³-hybridized carbons (Fsp3) is 0.167. The number of hydrogen-bond donors (Lipinski definition) is 1. The van der Waals surface area contributed by atoms with Crippen LogP contribution < -0.4 is 5.32 Å². The van der Waals surface area contributed by atoms with Gasteiger partial charge in [-0.25, -0.2) is 0 Å². The molecule has 1 N–H and O–H groups in total. The van der Waals surface area contributed by atoms with Crippen LogP contribution in [-0.2, 0) is 0 Å². The van der Waals surface area contributed by atoms with E-state index in [2.05, 4.69) is 26.4 Å². The van der Waals surface area contributed by atoms with Crippen LogP contribution >= 0.6 is 15.9 Å². The summed E-state index contributed by atoms with van der Waals surface area (Å²) in [6.45, 7) is 3.65. The predicted molar refractivity (Wildman–Crippen MR) is 68.1 cm³/mol. The molecule has 0 fully saturated rings. The lowest BCUT2D eigenvalue weighted by atomic mass is 10.1. The zero-order chi connectivity index (χ0) is 12.4. The van der Waals surface area contributed by atoms with Gasteiger partial charge in [0.15, 0.2) is 5.82 Å². The van der Waals surface area contributed by atoms with Gasteiger partial charge in [-0.3, -0.25) is 4.79 Å². The second-order valence-corrected chi connectivity index (χ2v) is 4.54. The Kier molecular flexibility index (Phi) is 3.28. The minimum absolute atomic E-state index is 0.197. The van der Waals surface area contributed by atoms with Gasteiger partial charge in [0.1, 0.15) is 5.76 Å². The quantitative estimate of drug-likeness (QED) is 0.924. The lowest BCUT2D eigenvalue weighted by Crippen LogP contribution is -2.13. The van der Waals surface area contributed by atoms with E-state index in [1.165, 1.54) is 0 Å². The van der Waals surface area contributed by atoms with Crippen LogP contribution in [0.15, 0.2) is 33.3 Å². The molecule has 0 saturated heterocycles. The van der Waals surface area contributed by atoms with Gasteiger partial charge in [0.05, 0.1) is 0 Å². The summed E-state index contributed by atoms with van der Waals surface area (Å²) < 4.78 is 5.79. The molecule has 1 heterocycles. The summed E-state index contributed by atoms with van der Waals surface area (Å²) in [5.41, 5.74) is 1.50. The Morgan fingerprint density at radius 2 is 2.18 bits per heavy atom. The first-order valence-corrected chi connectivity index (χ1v) is 5.87. The summed E-state index contributed by atoms with van der Waals surface area (Å²) in [5.74, 6) is 0.884. The molecule has 2 aromatic rings. The maximum Gasteiger partial charge on any atom is 0.257 e. The number of aryl methyl sites for hydroxylation is 1.